The maximum absolute atomic E-state index is 13.5. The summed E-state index contributed by atoms with van der Waals surface area (Å²) in [6, 6.07) is 0.126. The fourth-order valence-electron chi connectivity index (χ4n) is 8.04. The van der Waals surface area contributed by atoms with E-state index >= 15 is 0 Å². The van der Waals surface area contributed by atoms with Crippen molar-refractivity contribution in [1.29, 1.82) is 0 Å². The predicted octanol–water partition coefficient (Wildman–Crippen LogP) is 3.48. The summed E-state index contributed by atoms with van der Waals surface area (Å²) < 4.78 is 5.52. The van der Waals surface area contributed by atoms with Crippen LogP contribution in [0.5, 0.6) is 0 Å². The minimum atomic E-state index is -0.113. The van der Waals surface area contributed by atoms with E-state index in [2.05, 4.69) is 18.7 Å². The number of ketones is 2. The van der Waals surface area contributed by atoms with Crippen molar-refractivity contribution in [3.63, 3.8) is 0 Å². The zero-order chi connectivity index (χ0) is 18.8. The van der Waals surface area contributed by atoms with Crippen LogP contribution in [0.25, 0.3) is 0 Å². The minimum Gasteiger partial charge on any atom is -0.379 e. The fraction of sp³-hybridized carbons (Fsp3) is 0.913. The van der Waals surface area contributed by atoms with Gasteiger partial charge in [0.15, 0.2) is 5.78 Å². The molecule has 0 bridgehead atoms. The number of morpholine rings is 1. The van der Waals surface area contributed by atoms with Crippen LogP contribution in [0.1, 0.15) is 65.2 Å². The smallest absolute Gasteiger partial charge is 0.156 e. The summed E-state index contributed by atoms with van der Waals surface area (Å²) in [4.78, 5) is 28.0. The highest BCUT2D eigenvalue weighted by Gasteiger charge is 2.62. The molecule has 0 aromatic rings. The van der Waals surface area contributed by atoms with Gasteiger partial charge in [-0.05, 0) is 67.6 Å². The number of fused-ring (bicyclic) bond motifs is 5. The van der Waals surface area contributed by atoms with E-state index in [4.69, 9.17) is 4.74 Å². The molecule has 0 N–H and O–H groups in total. The Bertz CT molecular complexity index is 642. The number of Topliss-reactive ketones (excluding diaryl/α,β-unsaturated/α-hetero) is 2. The van der Waals surface area contributed by atoms with Crippen molar-refractivity contribution < 1.29 is 14.3 Å². The number of rotatable bonds is 1. The summed E-state index contributed by atoms with van der Waals surface area (Å²) in [6.45, 7) is 8.13. The summed E-state index contributed by atoms with van der Waals surface area (Å²) in [6.07, 6.45) is 8.45. The maximum Gasteiger partial charge on any atom is 0.156 e. The Kier molecular flexibility index (Phi) is 4.33. The van der Waals surface area contributed by atoms with Crippen LogP contribution in [0.2, 0.25) is 0 Å². The molecule has 5 fully saturated rings. The van der Waals surface area contributed by atoms with Gasteiger partial charge < -0.3 is 4.74 Å². The Hall–Kier alpha value is -0.740. The molecule has 5 rings (SSSR count). The van der Waals surface area contributed by atoms with Crippen LogP contribution in [0, 0.1) is 34.5 Å². The molecule has 0 aromatic heterocycles. The van der Waals surface area contributed by atoms with Crippen molar-refractivity contribution in [3.8, 4) is 0 Å². The number of carbonyl (C=O) groups excluding carboxylic acids is 2. The van der Waals surface area contributed by atoms with Crippen molar-refractivity contribution in [1.82, 2.24) is 4.90 Å². The Balaban J connectivity index is 1.41. The Labute approximate surface area is 163 Å². The Morgan fingerprint density at radius 1 is 1.00 bits per heavy atom. The van der Waals surface area contributed by atoms with Crippen LogP contribution >= 0.6 is 0 Å². The van der Waals surface area contributed by atoms with E-state index in [9.17, 15) is 9.59 Å². The molecule has 4 aliphatic carbocycles. The summed E-state index contributed by atoms with van der Waals surface area (Å²) in [7, 11) is 0. The molecule has 4 heteroatoms. The lowest BCUT2D eigenvalue weighted by molar-refractivity contribution is -0.145. The first-order valence-corrected chi connectivity index (χ1v) is 11.3. The molecule has 150 valence electrons. The minimum absolute atomic E-state index is 0.113. The lowest BCUT2D eigenvalue weighted by Crippen LogP contribution is -2.53. The van der Waals surface area contributed by atoms with E-state index in [1.807, 2.05) is 0 Å². The molecule has 27 heavy (non-hydrogen) atoms. The summed E-state index contributed by atoms with van der Waals surface area (Å²) in [5.41, 5.74) is 0.218. The van der Waals surface area contributed by atoms with E-state index in [1.165, 1.54) is 19.3 Å². The normalized spacial score (nSPS) is 50.8. The van der Waals surface area contributed by atoms with Crippen molar-refractivity contribution in [2.45, 2.75) is 71.3 Å². The van der Waals surface area contributed by atoms with Gasteiger partial charge in [0.1, 0.15) is 5.78 Å². The van der Waals surface area contributed by atoms with Crippen LogP contribution in [0.15, 0.2) is 0 Å². The largest absolute Gasteiger partial charge is 0.379 e. The molecular weight excluding hydrogens is 338 g/mol. The molecule has 1 saturated heterocycles. The summed E-state index contributed by atoms with van der Waals surface area (Å²) in [5, 5.41) is 0. The first kappa shape index (κ1) is 18.3. The number of hydrogen-bond donors (Lipinski definition) is 0. The topological polar surface area (TPSA) is 46.6 Å². The predicted molar refractivity (Wildman–Crippen MR) is 103 cm³/mol. The zero-order valence-corrected chi connectivity index (χ0v) is 17.0. The van der Waals surface area contributed by atoms with Gasteiger partial charge in [0.25, 0.3) is 0 Å². The van der Waals surface area contributed by atoms with Gasteiger partial charge >= 0.3 is 0 Å². The quantitative estimate of drug-likeness (QED) is 0.706. The maximum atomic E-state index is 13.5. The standard InChI is InChI=1S/C23H35NO3/c1-22-7-5-16(25)13-15(22)3-4-17-18(22)6-8-23(2)19(17)14-20(21(23)26)24-9-11-27-12-10-24/h15,17-20H,3-14H2,1-2H3/t15-,17-,18+,19+,20+,22+,23+/m1/s1. The molecule has 0 spiro atoms. The molecule has 1 aliphatic heterocycles. The SMILES string of the molecule is C[C@]12CCC(=O)C[C@H]1CC[C@@H]1[C@@H]2CC[C@]2(C)C(=O)[C@@H](N3CCOCC3)C[C@@H]12. The van der Waals surface area contributed by atoms with Crippen LogP contribution < -0.4 is 0 Å². The summed E-state index contributed by atoms with van der Waals surface area (Å²) in [5.74, 6) is 3.56. The third-order valence-corrected chi connectivity index (χ3v) is 9.70. The fourth-order valence-corrected chi connectivity index (χ4v) is 8.04. The first-order valence-electron chi connectivity index (χ1n) is 11.3. The molecule has 7 atom stereocenters. The van der Waals surface area contributed by atoms with E-state index in [-0.39, 0.29) is 11.5 Å². The van der Waals surface area contributed by atoms with Gasteiger partial charge in [-0.3, -0.25) is 14.5 Å². The average Bonchev–Trinajstić information content (AvgIpc) is 2.94. The number of hydrogen-bond acceptors (Lipinski definition) is 4. The highest BCUT2D eigenvalue weighted by Crippen LogP contribution is 2.65. The molecule has 0 radical (unpaired) electrons. The van der Waals surface area contributed by atoms with Crippen molar-refractivity contribution in [2.24, 2.45) is 34.5 Å². The van der Waals surface area contributed by atoms with Gasteiger partial charge in [-0.1, -0.05) is 13.8 Å². The first-order chi connectivity index (χ1) is 12.9. The van der Waals surface area contributed by atoms with Crippen molar-refractivity contribution in [2.75, 3.05) is 26.3 Å². The molecule has 0 amide bonds. The highest BCUT2D eigenvalue weighted by atomic mass is 16.5. The third kappa shape index (κ3) is 2.62. The third-order valence-electron chi connectivity index (χ3n) is 9.70. The Morgan fingerprint density at radius 2 is 1.78 bits per heavy atom. The monoisotopic (exact) mass is 373 g/mol. The molecule has 0 unspecified atom stereocenters. The van der Waals surface area contributed by atoms with Crippen molar-refractivity contribution >= 4 is 11.6 Å². The second-order valence-corrected chi connectivity index (χ2v) is 10.6. The molecule has 0 aromatic carbocycles. The molecule has 4 nitrogen and oxygen atoms in total. The molecule has 1 heterocycles. The highest BCUT2D eigenvalue weighted by molar-refractivity contribution is 5.92. The van der Waals surface area contributed by atoms with E-state index in [0.717, 1.165) is 64.3 Å². The lowest BCUT2D eigenvalue weighted by Gasteiger charge is -2.59. The van der Waals surface area contributed by atoms with Crippen molar-refractivity contribution in [3.05, 3.63) is 0 Å². The second-order valence-electron chi connectivity index (χ2n) is 10.6. The van der Waals surface area contributed by atoms with Gasteiger partial charge in [0.2, 0.25) is 0 Å². The van der Waals surface area contributed by atoms with Gasteiger partial charge in [0.05, 0.1) is 19.3 Å². The van der Waals surface area contributed by atoms with Gasteiger partial charge in [-0.25, -0.2) is 0 Å². The molecule has 4 saturated carbocycles. The van der Waals surface area contributed by atoms with Gasteiger partial charge in [0, 0.05) is 31.3 Å². The molecule has 5 aliphatic rings. The van der Waals surface area contributed by atoms with Gasteiger partial charge in [-0.15, -0.1) is 0 Å². The second kappa shape index (κ2) is 6.38. The van der Waals surface area contributed by atoms with Crippen LogP contribution in [-0.2, 0) is 14.3 Å². The van der Waals surface area contributed by atoms with Gasteiger partial charge in [-0.2, -0.15) is 0 Å². The van der Waals surface area contributed by atoms with E-state index in [0.29, 0.717) is 34.7 Å². The number of ether oxygens (including phenoxy) is 1. The van der Waals surface area contributed by atoms with E-state index < -0.39 is 0 Å². The lowest BCUT2D eigenvalue weighted by atomic mass is 9.45. The molecular formula is C23H35NO3. The van der Waals surface area contributed by atoms with Crippen LogP contribution in [-0.4, -0.2) is 48.8 Å². The number of nitrogens with zero attached hydrogens (tertiary/aromatic N) is 1. The number of carbonyl (C=O) groups is 2. The zero-order valence-electron chi connectivity index (χ0n) is 17.0. The Morgan fingerprint density at radius 3 is 2.56 bits per heavy atom. The summed E-state index contributed by atoms with van der Waals surface area (Å²) >= 11 is 0. The average molecular weight is 374 g/mol. The van der Waals surface area contributed by atoms with Crippen LogP contribution in [0.4, 0.5) is 0 Å². The van der Waals surface area contributed by atoms with E-state index in [1.54, 1.807) is 0 Å². The van der Waals surface area contributed by atoms with Crippen LogP contribution in [0.3, 0.4) is 0 Å².